The lowest BCUT2D eigenvalue weighted by molar-refractivity contribution is 0.0662. The molecule has 0 spiro atoms. The van der Waals surface area contributed by atoms with Crippen molar-refractivity contribution in [3.63, 3.8) is 0 Å². The van der Waals surface area contributed by atoms with Gasteiger partial charge in [0.1, 0.15) is 5.75 Å². The highest BCUT2D eigenvalue weighted by Crippen LogP contribution is 2.31. The number of hydrogen-bond donors (Lipinski definition) is 1. The predicted octanol–water partition coefficient (Wildman–Crippen LogP) is 5.66. The van der Waals surface area contributed by atoms with Gasteiger partial charge in [-0.15, -0.1) is 0 Å². The van der Waals surface area contributed by atoms with E-state index in [2.05, 4.69) is 0 Å². The van der Waals surface area contributed by atoms with Crippen molar-refractivity contribution in [2.24, 2.45) is 5.92 Å². The molecule has 0 saturated carbocycles. The molecular formula is C23H22Cl2N2O2. The second-order valence-corrected chi connectivity index (χ2v) is 8.16. The number of hydrogen-bond acceptors (Lipinski definition) is 3. The number of carbonyl (C=O) groups excluding carboxylic acids is 1. The van der Waals surface area contributed by atoms with Crippen LogP contribution in [0.15, 0.2) is 54.6 Å². The zero-order chi connectivity index (χ0) is 20.4. The van der Waals surface area contributed by atoms with Gasteiger partial charge in [-0.05, 0) is 43.0 Å². The van der Waals surface area contributed by atoms with Crippen LogP contribution in [0.2, 0.25) is 10.0 Å². The third-order valence-electron chi connectivity index (χ3n) is 5.47. The topological polar surface area (TPSA) is 55.6 Å². The fourth-order valence-corrected chi connectivity index (χ4v) is 4.35. The van der Waals surface area contributed by atoms with E-state index in [4.69, 9.17) is 33.7 Å². The highest BCUT2D eigenvalue weighted by atomic mass is 35.5. The molecule has 1 aliphatic rings. The van der Waals surface area contributed by atoms with E-state index in [1.807, 2.05) is 41.3 Å². The summed E-state index contributed by atoms with van der Waals surface area (Å²) in [5.41, 5.74) is 7.20. The van der Waals surface area contributed by atoms with Gasteiger partial charge in [0.05, 0.1) is 22.2 Å². The zero-order valence-electron chi connectivity index (χ0n) is 15.9. The number of piperidine rings is 1. The Kier molecular flexibility index (Phi) is 5.84. The van der Waals surface area contributed by atoms with Crippen molar-refractivity contribution in [3.05, 3.63) is 70.2 Å². The Balaban J connectivity index is 1.38. The number of fused-ring (bicyclic) bond motifs is 1. The summed E-state index contributed by atoms with van der Waals surface area (Å²) in [6.07, 6.45) is 1.75. The van der Waals surface area contributed by atoms with Crippen LogP contribution in [0.4, 0.5) is 5.69 Å². The van der Waals surface area contributed by atoms with E-state index >= 15 is 0 Å². The van der Waals surface area contributed by atoms with Gasteiger partial charge < -0.3 is 15.4 Å². The third kappa shape index (κ3) is 4.14. The van der Waals surface area contributed by atoms with Gasteiger partial charge in [-0.3, -0.25) is 4.79 Å². The van der Waals surface area contributed by atoms with Crippen molar-refractivity contribution in [1.82, 2.24) is 4.90 Å². The molecule has 1 fully saturated rings. The van der Waals surface area contributed by atoms with Crippen LogP contribution in [0.1, 0.15) is 23.2 Å². The molecule has 0 radical (unpaired) electrons. The SMILES string of the molecule is Nc1ccc(OCC2CCN(C(=O)c3c(Cl)cccc3Cl)CC2)c2ccccc12. The van der Waals surface area contributed by atoms with Crippen molar-refractivity contribution in [2.45, 2.75) is 12.8 Å². The smallest absolute Gasteiger partial charge is 0.256 e. The summed E-state index contributed by atoms with van der Waals surface area (Å²) in [4.78, 5) is 14.6. The van der Waals surface area contributed by atoms with Crippen LogP contribution in [0.25, 0.3) is 10.8 Å². The molecular weight excluding hydrogens is 407 g/mol. The maximum atomic E-state index is 12.8. The predicted molar refractivity (Wildman–Crippen MR) is 119 cm³/mol. The minimum atomic E-state index is -0.107. The van der Waals surface area contributed by atoms with Gasteiger partial charge in [0.25, 0.3) is 5.91 Å². The Hall–Kier alpha value is -2.43. The number of benzene rings is 3. The van der Waals surface area contributed by atoms with E-state index in [9.17, 15) is 4.79 Å². The van der Waals surface area contributed by atoms with Crippen LogP contribution < -0.4 is 10.5 Å². The molecule has 0 aliphatic carbocycles. The number of halogens is 2. The van der Waals surface area contributed by atoms with E-state index < -0.39 is 0 Å². The summed E-state index contributed by atoms with van der Waals surface area (Å²) < 4.78 is 6.13. The molecule has 29 heavy (non-hydrogen) atoms. The van der Waals surface area contributed by atoms with E-state index in [0.717, 1.165) is 35.1 Å². The van der Waals surface area contributed by atoms with Crippen molar-refractivity contribution >= 4 is 45.6 Å². The molecule has 6 heteroatoms. The summed E-state index contributed by atoms with van der Waals surface area (Å²) in [6, 6.07) is 16.9. The average molecular weight is 429 g/mol. The maximum Gasteiger partial charge on any atom is 0.256 e. The molecule has 1 aliphatic heterocycles. The Morgan fingerprint density at radius 1 is 0.966 bits per heavy atom. The molecule has 4 nitrogen and oxygen atoms in total. The minimum Gasteiger partial charge on any atom is -0.493 e. The van der Waals surface area contributed by atoms with Gasteiger partial charge in [-0.2, -0.15) is 0 Å². The van der Waals surface area contributed by atoms with E-state index in [-0.39, 0.29) is 5.91 Å². The number of carbonyl (C=O) groups is 1. The molecule has 1 amide bonds. The second kappa shape index (κ2) is 8.52. The summed E-state index contributed by atoms with van der Waals surface area (Å²) in [7, 11) is 0. The summed E-state index contributed by atoms with van der Waals surface area (Å²) in [5.74, 6) is 1.12. The largest absolute Gasteiger partial charge is 0.493 e. The van der Waals surface area contributed by atoms with Crippen LogP contribution in [-0.4, -0.2) is 30.5 Å². The number of anilines is 1. The quantitative estimate of drug-likeness (QED) is 0.545. The summed E-state index contributed by atoms with van der Waals surface area (Å²) in [5, 5.41) is 2.81. The molecule has 150 valence electrons. The first-order valence-corrected chi connectivity index (χ1v) is 10.4. The number of rotatable bonds is 4. The molecule has 0 bridgehead atoms. The standard InChI is InChI=1S/C23H22Cl2N2O2/c24-18-6-3-7-19(25)22(18)23(28)27-12-10-15(11-13-27)14-29-21-9-8-20(26)16-4-1-2-5-17(16)21/h1-9,15H,10-14,26H2. The highest BCUT2D eigenvalue weighted by Gasteiger charge is 2.26. The summed E-state index contributed by atoms with van der Waals surface area (Å²) in [6.45, 7) is 1.94. The lowest BCUT2D eigenvalue weighted by atomic mass is 9.97. The number of nitrogens with two attached hydrogens (primary N) is 1. The van der Waals surface area contributed by atoms with Crippen LogP contribution >= 0.6 is 23.2 Å². The van der Waals surface area contributed by atoms with Gasteiger partial charge in [-0.25, -0.2) is 0 Å². The molecule has 1 saturated heterocycles. The number of likely N-dealkylation sites (tertiary alicyclic amines) is 1. The zero-order valence-corrected chi connectivity index (χ0v) is 17.4. The van der Waals surface area contributed by atoms with Crippen LogP contribution in [-0.2, 0) is 0 Å². The van der Waals surface area contributed by atoms with Crippen LogP contribution in [0, 0.1) is 5.92 Å². The Morgan fingerprint density at radius 2 is 1.62 bits per heavy atom. The van der Waals surface area contributed by atoms with E-state index in [0.29, 0.717) is 41.2 Å². The van der Waals surface area contributed by atoms with E-state index in [1.54, 1.807) is 18.2 Å². The van der Waals surface area contributed by atoms with Crippen molar-refractivity contribution in [2.75, 3.05) is 25.4 Å². The molecule has 2 N–H and O–H groups in total. The molecule has 0 unspecified atom stereocenters. The fourth-order valence-electron chi connectivity index (χ4n) is 3.79. The highest BCUT2D eigenvalue weighted by molar-refractivity contribution is 6.39. The second-order valence-electron chi connectivity index (χ2n) is 7.34. The number of nitrogens with zero attached hydrogens (tertiary/aromatic N) is 1. The van der Waals surface area contributed by atoms with Gasteiger partial charge in [0, 0.05) is 29.5 Å². The summed E-state index contributed by atoms with van der Waals surface area (Å²) >= 11 is 12.4. The molecule has 1 heterocycles. The number of amides is 1. The molecule has 3 aromatic rings. The van der Waals surface area contributed by atoms with Gasteiger partial charge in [-0.1, -0.05) is 53.5 Å². The Bertz CT molecular complexity index is 1030. The first kappa shape index (κ1) is 19.9. The van der Waals surface area contributed by atoms with Gasteiger partial charge in [0.15, 0.2) is 0 Å². The number of ether oxygens (including phenoxy) is 1. The Morgan fingerprint density at radius 3 is 2.31 bits per heavy atom. The molecule has 3 aromatic carbocycles. The number of nitrogen functional groups attached to an aromatic ring is 1. The average Bonchev–Trinajstić information content (AvgIpc) is 2.74. The first-order valence-electron chi connectivity index (χ1n) is 9.68. The normalized spacial score (nSPS) is 14.9. The lowest BCUT2D eigenvalue weighted by Gasteiger charge is -2.32. The van der Waals surface area contributed by atoms with Crippen LogP contribution in [0.5, 0.6) is 5.75 Å². The fraction of sp³-hybridized carbons (Fsp3) is 0.261. The molecule has 4 rings (SSSR count). The van der Waals surface area contributed by atoms with Gasteiger partial charge in [0.2, 0.25) is 0 Å². The minimum absolute atomic E-state index is 0.107. The molecule has 0 aromatic heterocycles. The van der Waals surface area contributed by atoms with Crippen molar-refractivity contribution < 1.29 is 9.53 Å². The molecule has 0 atom stereocenters. The van der Waals surface area contributed by atoms with Crippen molar-refractivity contribution in [1.29, 1.82) is 0 Å². The first-order chi connectivity index (χ1) is 14.0. The Labute approximate surface area is 180 Å². The van der Waals surface area contributed by atoms with Crippen molar-refractivity contribution in [3.8, 4) is 5.75 Å². The van der Waals surface area contributed by atoms with Gasteiger partial charge >= 0.3 is 0 Å². The lowest BCUT2D eigenvalue weighted by Crippen LogP contribution is -2.40. The monoisotopic (exact) mass is 428 g/mol. The van der Waals surface area contributed by atoms with Crippen LogP contribution in [0.3, 0.4) is 0 Å². The maximum absolute atomic E-state index is 12.8. The third-order valence-corrected chi connectivity index (χ3v) is 6.10. The van der Waals surface area contributed by atoms with E-state index in [1.165, 1.54) is 0 Å².